The van der Waals surface area contributed by atoms with E-state index in [1.54, 1.807) is 18.2 Å². The molecule has 1 amide bonds. The Kier molecular flexibility index (Phi) is 9.27. The number of nitrogens with two attached hydrogens (primary N) is 1. The van der Waals surface area contributed by atoms with Crippen molar-refractivity contribution >= 4 is 33.3 Å². The zero-order chi connectivity index (χ0) is 32.9. The second-order valence-electron chi connectivity index (χ2n) is 10.1. The number of ether oxygens (including phenoxy) is 2. The van der Waals surface area contributed by atoms with Gasteiger partial charge in [0.15, 0.2) is 18.5 Å². The average molecular weight is 679 g/mol. The van der Waals surface area contributed by atoms with Gasteiger partial charge in [0.05, 0.1) is 11.0 Å². The summed E-state index contributed by atoms with van der Waals surface area (Å²) in [5, 5.41) is 63.5. The van der Waals surface area contributed by atoms with Gasteiger partial charge in [-0.25, -0.2) is 4.98 Å². The SMILES string of the molecule is NC(=O)c1ccc[n+]([C@@]2(O)O[C@H](CO[P+]([O-])(O)O[P+]([O-])(O)OC[C@H]3O[C@](O)(n4cnc5ccccc54)[C@H](O)[C@@H]3O)[C@@H](O)[C@H]2O)c1. The van der Waals surface area contributed by atoms with Crippen LogP contribution >= 0.6 is 16.3 Å². The largest absolute Gasteiger partial charge is 0.603 e. The molecule has 0 bridgehead atoms. The lowest BCUT2D eigenvalue weighted by molar-refractivity contribution is -0.859. The minimum Gasteiger partial charge on any atom is -0.603 e. The number of benzene rings is 1. The third-order valence-corrected chi connectivity index (χ3v) is 9.69. The van der Waals surface area contributed by atoms with E-state index in [0.717, 1.165) is 27.9 Å². The van der Waals surface area contributed by atoms with Gasteiger partial charge in [-0.1, -0.05) is 12.1 Å². The lowest BCUT2D eigenvalue weighted by atomic mass is 10.1. The quantitative estimate of drug-likeness (QED) is 0.0675. The third-order valence-electron chi connectivity index (χ3n) is 7.09. The predicted molar refractivity (Wildman–Crippen MR) is 140 cm³/mol. The minimum absolute atomic E-state index is 0.104. The first kappa shape index (κ1) is 33.9. The second-order valence-corrected chi connectivity index (χ2v) is 13.1. The number of carbonyl (C=O) groups is 1. The van der Waals surface area contributed by atoms with E-state index in [1.807, 2.05) is 0 Å². The van der Waals surface area contributed by atoms with Crippen LogP contribution in [0.2, 0.25) is 0 Å². The van der Waals surface area contributed by atoms with Crippen molar-refractivity contribution in [2.24, 2.45) is 5.73 Å². The Hall–Kier alpha value is -2.43. The first-order valence-corrected chi connectivity index (χ1v) is 15.9. The average Bonchev–Trinajstić information content (AvgIpc) is 3.59. The summed E-state index contributed by atoms with van der Waals surface area (Å²) in [6, 6.07) is 8.99. The number of primary amides is 1. The monoisotopic (exact) mass is 679 g/mol. The highest BCUT2D eigenvalue weighted by atomic mass is 31.3. The molecular formula is C23H29N4O16P2+. The van der Waals surface area contributed by atoms with Gasteiger partial charge in [0, 0.05) is 10.4 Å². The molecule has 22 heteroatoms. The topological polar surface area (TPSA) is 319 Å². The van der Waals surface area contributed by atoms with Crippen molar-refractivity contribution in [2.45, 2.75) is 48.4 Å². The van der Waals surface area contributed by atoms with Crippen LogP contribution in [0.4, 0.5) is 0 Å². The molecule has 45 heavy (non-hydrogen) atoms. The maximum atomic E-state index is 12.4. The molecule has 3 aromatic rings. The standard InChI is InChI=1S/C23H28N4O16P2/c24-21(32)12-4-3-7-26(8-12)22(33)19(30)17(28)15(41-22)9-39-44(35,36)43-45(37,38)40-10-16-18(29)20(31)23(34,42-16)27-11-25-13-5-1-2-6-14(13)27/h1-8,11,15-20,28-31,33-34H,9-10H2,(H3-,24,32,35,36,37,38)/p+1/t15-,16-,17-,18-,19-,20-,22+,23+/m1/s1. The maximum absolute atomic E-state index is 12.4. The van der Waals surface area contributed by atoms with Crippen LogP contribution in [0.5, 0.6) is 0 Å². The van der Waals surface area contributed by atoms with Crippen molar-refractivity contribution < 1.29 is 82.4 Å². The number of fused-ring (bicyclic) bond motifs is 1. The van der Waals surface area contributed by atoms with Crippen LogP contribution in [0.3, 0.4) is 0 Å². The number of rotatable bonds is 11. The third kappa shape index (κ3) is 6.57. The summed E-state index contributed by atoms with van der Waals surface area (Å²) in [5.74, 6) is -6.18. The Morgan fingerprint density at radius 3 is 2.22 bits per heavy atom. The van der Waals surface area contributed by atoms with Crippen molar-refractivity contribution in [1.82, 2.24) is 9.55 Å². The number of hydrogen-bond donors (Lipinski definition) is 9. The summed E-state index contributed by atoms with van der Waals surface area (Å²) in [6.07, 6.45) is -8.02. The highest BCUT2D eigenvalue weighted by Crippen LogP contribution is 2.65. The van der Waals surface area contributed by atoms with E-state index in [4.69, 9.17) is 15.2 Å². The van der Waals surface area contributed by atoms with E-state index < -0.39 is 83.9 Å². The molecule has 5 rings (SSSR count). The molecule has 0 saturated carbocycles. The Morgan fingerprint density at radius 1 is 0.978 bits per heavy atom. The number of nitrogens with zero attached hydrogens (tertiary/aromatic N) is 3. The van der Waals surface area contributed by atoms with Gasteiger partial charge in [0.2, 0.25) is 6.10 Å². The van der Waals surface area contributed by atoms with E-state index in [2.05, 4.69) is 18.3 Å². The molecule has 2 unspecified atom stereocenters. The molecule has 2 aliphatic heterocycles. The van der Waals surface area contributed by atoms with Gasteiger partial charge in [-0.15, -0.1) is 4.57 Å². The van der Waals surface area contributed by atoms with Crippen LogP contribution in [-0.2, 0) is 34.7 Å². The number of aromatic nitrogens is 3. The van der Waals surface area contributed by atoms with Gasteiger partial charge in [-0.3, -0.25) is 14.1 Å². The van der Waals surface area contributed by atoms with E-state index >= 15 is 0 Å². The second kappa shape index (κ2) is 12.3. The molecule has 1 aromatic carbocycles. The molecular weight excluding hydrogens is 650 g/mol. The summed E-state index contributed by atoms with van der Waals surface area (Å²) >= 11 is 0. The number of carbonyl (C=O) groups excluding carboxylic acids is 1. The van der Waals surface area contributed by atoms with Gasteiger partial charge in [-0.05, 0) is 18.2 Å². The Morgan fingerprint density at radius 2 is 1.58 bits per heavy atom. The molecule has 4 heterocycles. The normalized spacial score (nSPS) is 34.5. The molecule has 2 saturated heterocycles. The summed E-state index contributed by atoms with van der Waals surface area (Å²) in [4.78, 5) is 60.4. The van der Waals surface area contributed by atoms with Crippen LogP contribution in [-0.4, -0.2) is 106 Å². The van der Waals surface area contributed by atoms with Gasteiger partial charge in [0.25, 0.3) is 11.8 Å². The summed E-state index contributed by atoms with van der Waals surface area (Å²) in [7, 11) is -11.0. The number of imidazole rings is 1. The number of para-hydroxylation sites is 2. The summed E-state index contributed by atoms with van der Waals surface area (Å²) in [5.41, 5.74) is 5.82. The Bertz CT molecular complexity index is 1550. The van der Waals surface area contributed by atoms with E-state index in [0.29, 0.717) is 11.0 Å². The fraction of sp³-hybridized carbons (Fsp3) is 0.435. The number of phosphoric ester groups is 2. The van der Waals surface area contributed by atoms with Crippen LogP contribution < -0.4 is 20.1 Å². The van der Waals surface area contributed by atoms with Gasteiger partial charge in [0.1, 0.15) is 49.5 Å². The lowest BCUT2D eigenvalue weighted by Crippen LogP contribution is -2.63. The molecule has 10 N–H and O–H groups in total. The summed E-state index contributed by atoms with van der Waals surface area (Å²) < 4.78 is 25.9. The zero-order valence-electron chi connectivity index (χ0n) is 22.7. The molecule has 0 spiro atoms. The van der Waals surface area contributed by atoms with Crippen molar-refractivity contribution in [1.29, 1.82) is 0 Å². The molecule has 2 fully saturated rings. The number of aliphatic hydroxyl groups excluding tert-OH is 4. The van der Waals surface area contributed by atoms with Gasteiger partial charge >= 0.3 is 22.3 Å². The van der Waals surface area contributed by atoms with Crippen LogP contribution in [0.25, 0.3) is 11.0 Å². The van der Waals surface area contributed by atoms with Crippen molar-refractivity contribution in [2.75, 3.05) is 13.2 Å². The molecule has 246 valence electrons. The molecule has 2 aromatic heterocycles. The van der Waals surface area contributed by atoms with Crippen LogP contribution in [0.15, 0.2) is 55.1 Å². The van der Waals surface area contributed by atoms with Crippen molar-refractivity contribution in [3.8, 4) is 0 Å². The maximum Gasteiger partial charge on any atom is 0.434 e. The summed E-state index contributed by atoms with van der Waals surface area (Å²) in [6.45, 7) is -2.14. The zero-order valence-corrected chi connectivity index (χ0v) is 24.5. The number of hydrogen-bond acceptors (Lipinski definition) is 17. The minimum atomic E-state index is -5.50. The molecule has 2 aliphatic rings. The van der Waals surface area contributed by atoms with Crippen molar-refractivity contribution in [3.63, 3.8) is 0 Å². The van der Waals surface area contributed by atoms with E-state index in [-0.39, 0.29) is 5.56 Å². The Labute approximate surface area is 253 Å². The molecule has 0 aliphatic carbocycles. The van der Waals surface area contributed by atoms with E-state index in [9.17, 15) is 55.0 Å². The lowest BCUT2D eigenvalue weighted by Gasteiger charge is -2.28. The molecule has 10 atom stereocenters. The van der Waals surface area contributed by atoms with E-state index in [1.165, 1.54) is 18.2 Å². The van der Waals surface area contributed by atoms with Crippen molar-refractivity contribution in [3.05, 3.63) is 60.7 Å². The smallest absolute Gasteiger partial charge is 0.434 e. The highest BCUT2D eigenvalue weighted by Gasteiger charge is 2.62. The first-order valence-electron chi connectivity index (χ1n) is 12.9. The number of amides is 1. The molecule has 20 nitrogen and oxygen atoms in total. The van der Waals surface area contributed by atoms with Crippen LogP contribution in [0.1, 0.15) is 10.4 Å². The first-order chi connectivity index (χ1) is 21.0. The number of aliphatic hydroxyl groups is 6. The fourth-order valence-electron chi connectivity index (χ4n) is 4.80. The fourth-order valence-corrected chi connectivity index (χ4v) is 6.89. The highest BCUT2D eigenvalue weighted by molar-refractivity contribution is 7.66. The number of pyridine rings is 1. The molecule has 0 radical (unpaired) electrons. The van der Waals surface area contributed by atoms with Gasteiger partial charge in [-0.2, -0.15) is 18.8 Å². The number of phosphoric acid groups is 2. The Balaban J connectivity index is 1.18. The predicted octanol–water partition coefficient (Wildman–Crippen LogP) is -5.32. The van der Waals surface area contributed by atoms with Gasteiger partial charge < -0.3 is 50.9 Å². The van der Waals surface area contributed by atoms with Crippen LogP contribution in [0, 0.1) is 0 Å².